The molecule has 0 aliphatic carbocycles. The lowest BCUT2D eigenvalue weighted by atomic mass is 9.98. The van der Waals surface area contributed by atoms with Crippen LogP contribution in [0.15, 0.2) is 30.3 Å². The molecule has 68 valence electrons. The van der Waals surface area contributed by atoms with Crippen molar-refractivity contribution in [3.63, 3.8) is 0 Å². The van der Waals surface area contributed by atoms with Crippen LogP contribution in [0.5, 0.6) is 0 Å². The first kappa shape index (κ1) is 9.76. The second kappa shape index (κ2) is 4.64. The van der Waals surface area contributed by atoms with Crippen LogP contribution in [-0.2, 0) is 4.79 Å². The molecule has 1 heteroatoms. The molecule has 1 rings (SSSR count). The maximum absolute atomic E-state index is 10.7. The van der Waals surface area contributed by atoms with E-state index in [4.69, 9.17) is 0 Å². The van der Waals surface area contributed by atoms with Crippen molar-refractivity contribution < 1.29 is 4.79 Å². The topological polar surface area (TPSA) is 17.1 Å². The Labute approximate surface area is 79.1 Å². The van der Waals surface area contributed by atoms with Crippen LogP contribution in [0.2, 0.25) is 0 Å². The second-order valence-electron chi connectivity index (χ2n) is 3.54. The van der Waals surface area contributed by atoms with Crippen molar-refractivity contribution in [2.75, 3.05) is 0 Å². The van der Waals surface area contributed by atoms with Gasteiger partial charge in [0.2, 0.25) is 0 Å². The molecule has 0 amide bonds. The lowest BCUT2D eigenvalue weighted by molar-refractivity contribution is 0.567. The van der Waals surface area contributed by atoms with E-state index in [1.54, 1.807) is 0 Å². The highest BCUT2D eigenvalue weighted by atomic mass is 16.1. The summed E-state index contributed by atoms with van der Waals surface area (Å²) in [5, 5.41) is 0. The van der Waals surface area contributed by atoms with Crippen molar-refractivity contribution in [1.82, 2.24) is 0 Å². The molecule has 0 radical (unpaired) electrons. The van der Waals surface area contributed by atoms with Crippen LogP contribution in [0.4, 0.5) is 0 Å². The zero-order valence-electron chi connectivity index (χ0n) is 8.08. The third kappa shape index (κ3) is 2.89. The third-order valence-corrected chi connectivity index (χ3v) is 1.86. The largest absolute Gasteiger partial charge is 0.233 e. The Morgan fingerprint density at radius 1 is 1.31 bits per heavy atom. The Morgan fingerprint density at radius 3 is 2.38 bits per heavy atom. The molecule has 13 heavy (non-hydrogen) atoms. The molecule has 0 aliphatic rings. The summed E-state index contributed by atoms with van der Waals surface area (Å²) in [6, 6.07) is 9.71. The molecule has 0 saturated heterocycles. The standard InChI is InChI=1S/C12H14O/c1-10(2)8-12(9-13)11-6-4-3-5-7-11/h3-7,10H,8H2,1-2H3. The van der Waals surface area contributed by atoms with Crippen molar-refractivity contribution in [1.29, 1.82) is 0 Å². The highest BCUT2D eigenvalue weighted by molar-refractivity contribution is 5.87. The van der Waals surface area contributed by atoms with Gasteiger partial charge in [-0.2, -0.15) is 0 Å². The van der Waals surface area contributed by atoms with E-state index < -0.39 is 0 Å². The number of carbonyl (C=O) groups excluding carboxylic acids is 1. The van der Waals surface area contributed by atoms with Crippen LogP contribution in [0, 0.1) is 5.92 Å². The van der Waals surface area contributed by atoms with E-state index in [0.29, 0.717) is 5.92 Å². The fraction of sp³-hybridized carbons (Fsp3) is 0.333. The first-order valence-corrected chi connectivity index (χ1v) is 4.53. The molecule has 0 spiro atoms. The van der Waals surface area contributed by atoms with Gasteiger partial charge in [-0.1, -0.05) is 44.2 Å². The van der Waals surface area contributed by atoms with Gasteiger partial charge < -0.3 is 0 Å². The molecule has 1 aromatic rings. The molecule has 0 aromatic heterocycles. The summed E-state index contributed by atoms with van der Waals surface area (Å²) in [5.74, 6) is 2.51. The summed E-state index contributed by atoms with van der Waals surface area (Å²) < 4.78 is 0. The molecule has 0 atom stereocenters. The predicted octanol–water partition coefficient (Wildman–Crippen LogP) is 2.95. The fourth-order valence-electron chi connectivity index (χ4n) is 1.27. The molecule has 0 N–H and O–H groups in total. The van der Waals surface area contributed by atoms with Crippen LogP contribution in [0.3, 0.4) is 0 Å². The smallest absolute Gasteiger partial charge is 0.128 e. The number of hydrogen-bond acceptors (Lipinski definition) is 1. The van der Waals surface area contributed by atoms with E-state index in [1.165, 1.54) is 0 Å². The van der Waals surface area contributed by atoms with Crippen LogP contribution >= 0.6 is 0 Å². The first-order chi connectivity index (χ1) is 6.24. The number of rotatable bonds is 3. The van der Waals surface area contributed by atoms with Gasteiger partial charge in [-0.15, -0.1) is 0 Å². The average Bonchev–Trinajstić information content (AvgIpc) is 2.15. The normalized spacial score (nSPS) is 9.77. The zero-order valence-corrected chi connectivity index (χ0v) is 8.08. The van der Waals surface area contributed by atoms with Crippen LogP contribution in [-0.4, -0.2) is 5.94 Å². The van der Waals surface area contributed by atoms with Gasteiger partial charge in [0, 0.05) is 5.57 Å². The molecule has 0 aliphatic heterocycles. The SMILES string of the molecule is CC(C)CC(=C=O)c1ccccc1. The Balaban J connectivity index is 2.87. The molecule has 0 bridgehead atoms. The highest BCUT2D eigenvalue weighted by Gasteiger charge is 2.04. The van der Waals surface area contributed by atoms with E-state index in [-0.39, 0.29) is 0 Å². The number of hydrogen-bond donors (Lipinski definition) is 0. The summed E-state index contributed by atoms with van der Waals surface area (Å²) in [5.41, 5.74) is 1.77. The van der Waals surface area contributed by atoms with Gasteiger partial charge in [-0.3, -0.25) is 0 Å². The molecule has 0 saturated carbocycles. The van der Waals surface area contributed by atoms with Gasteiger partial charge in [0.25, 0.3) is 0 Å². The maximum atomic E-state index is 10.7. The molecule has 0 unspecified atom stereocenters. The molecule has 0 heterocycles. The van der Waals surface area contributed by atoms with E-state index in [2.05, 4.69) is 13.8 Å². The molecular weight excluding hydrogens is 160 g/mol. The minimum Gasteiger partial charge on any atom is -0.233 e. The van der Waals surface area contributed by atoms with Crippen LogP contribution in [0.25, 0.3) is 5.57 Å². The van der Waals surface area contributed by atoms with Gasteiger partial charge in [0.1, 0.15) is 5.94 Å². The Bertz CT molecular complexity index is 305. The highest BCUT2D eigenvalue weighted by Crippen LogP contribution is 2.18. The summed E-state index contributed by atoms with van der Waals surface area (Å²) in [6.45, 7) is 4.20. The van der Waals surface area contributed by atoms with Crippen LogP contribution in [0.1, 0.15) is 25.8 Å². The van der Waals surface area contributed by atoms with Crippen molar-refractivity contribution in [3.8, 4) is 0 Å². The Hall–Kier alpha value is -1.33. The average molecular weight is 174 g/mol. The fourth-order valence-corrected chi connectivity index (χ4v) is 1.27. The molecule has 0 fully saturated rings. The molecule has 1 nitrogen and oxygen atoms in total. The van der Waals surface area contributed by atoms with Crippen molar-refractivity contribution >= 4 is 11.5 Å². The van der Waals surface area contributed by atoms with Gasteiger partial charge in [0.15, 0.2) is 0 Å². The summed E-state index contributed by atoms with van der Waals surface area (Å²) >= 11 is 0. The molecule has 1 aromatic carbocycles. The van der Waals surface area contributed by atoms with Crippen molar-refractivity contribution in [2.45, 2.75) is 20.3 Å². The summed E-state index contributed by atoms with van der Waals surface area (Å²) in [4.78, 5) is 10.7. The van der Waals surface area contributed by atoms with Crippen molar-refractivity contribution in [3.05, 3.63) is 35.9 Å². The Kier molecular flexibility index (Phi) is 3.48. The summed E-state index contributed by atoms with van der Waals surface area (Å²) in [7, 11) is 0. The van der Waals surface area contributed by atoms with E-state index in [9.17, 15) is 4.79 Å². The minimum atomic E-state index is 0.497. The van der Waals surface area contributed by atoms with Gasteiger partial charge >= 0.3 is 0 Å². The minimum absolute atomic E-state index is 0.497. The maximum Gasteiger partial charge on any atom is 0.128 e. The quantitative estimate of drug-likeness (QED) is 0.644. The van der Waals surface area contributed by atoms with Gasteiger partial charge in [-0.25, -0.2) is 4.79 Å². The van der Waals surface area contributed by atoms with Gasteiger partial charge in [0.05, 0.1) is 0 Å². The number of allylic oxidation sites excluding steroid dienone is 1. The summed E-state index contributed by atoms with van der Waals surface area (Å²) in [6.07, 6.45) is 0.799. The lowest BCUT2D eigenvalue weighted by Crippen LogP contribution is -1.92. The molecular formula is C12H14O. The van der Waals surface area contributed by atoms with E-state index in [1.807, 2.05) is 36.3 Å². The monoisotopic (exact) mass is 174 g/mol. The second-order valence-corrected chi connectivity index (χ2v) is 3.54. The van der Waals surface area contributed by atoms with E-state index >= 15 is 0 Å². The predicted molar refractivity (Wildman–Crippen MR) is 55.0 cm³/mol. The number of benzene rings is 1. The first-order valence-electron chi connectivity index (χ1n) is 4.53. The third-order valence-electron chi connectivity index (χ3n) is 1.86. The Morgan fingerprint density at radius 2 is 1.92 bits per heavy atom. The van der Waals surface area contributed by atoms with Gasteiger partial charge in [-0.05, 0) is 17.9 Å². The lowest BCUT2D eigenvalue weighted by Gasteiger charge is -2.05. The zero-order chi connectivity index (χ0) is 9.68. The van der Waals surface area contributed by atoms with Crippen LogP contribution < -0.4 is 0 Å². The van der Waals surface area contributed by atoms with E-state index in [0.717, 1.165) is 17.6 Å². The van der Waals surface area contributed by atoms with Crippen molar-refractivity contribution in [2.24, 2.45) is 5.92 Å².